The lowest BCUT2D eigenvalue weighted by atomic mass is 9.80. The van der Waals surface area contributed by atoms with Gasteiger partial charge < -0.3 is 50.4 Å². The van der Waals surface area contributed by atoms with Crippen molar-refractivity contribution in [1.29, 1.82) is 0 Å². The lowest BCUT2D eigenvalue weighted by Gasteiger charge is -2.26. The fourth-order valence-electron chi connectivity index (χ4n) is 7.96. The van der Waals surface area contributed by atoms with Crippen LogP contribution in [0.25, 0.3) is 49.2 Å². The Morgan fingerprint density at radius 3 is 1.75 bits per heavy atom. The van der Waals surface area contributed by atoms with E-state index in [9.17, 15) is 59.1 Å². The molecule has 292 valence electrons. The Balaban J connectivity index is 1.96. The molecule has 1 aliphatic carbocycles. The summed E-state index contributed by atoms with van der Waals surface area (Å²) in [5, 5.41) is 56.8. The summed E-state index contributed by atoms with van der Waals surface area (Å²) in [6.07, 6.45) is -0.449. The molecule has 5 aromatic carbocycles. The molecule has 0 bridgehead atoms. The summed E-state index contributed by atoms with van der Waals surface area (Å²) in [5.74, 6) is -8.11. The lowest BCUT2D eigenvalue weighted by Crippen LogP contribution is -2.30. The van der Waals surface area contributed by atoms with Gasteiger partial charge in [-0.05, 0) is 32.1 Å². The van der Waals surface area contributed by atoms with E-state index in [4.69, 9.17) is 14.2 Å². The maximum atomic E-state index is 14.8. The van der Waals surface area contributed by atoms with E-state index in [2.05, 4.69) is 10.6 Å². The predicted molar refractivity (Wildman–Crippen MR) is 204 cm³/mol. The minimum absolute atomic E-state index is 0.0224. The molecule has 0 heterocycles. The predicted octanol–water partition coefficient (Wildman–Crippen LogP) is 4.18. The van der Waals surface area contributed by atoms with Gasteiger partial charge in [0.05, 0.1) is 49.4 Å². The average molecular weight is 773 g/mol. The van der Waals surface area contributed by atoms with Gasteiger partial charge in [0, 0.05) is 63.0 Å². The van der Waals surface area contributed by atoms with E-state index in [1.54, 1.807) is 6.92 Å². The first-order valence-electron chi connectivity index (χ1n) is 17.2. The van der Waals surface area contributed by atoms with Crippen molar-refractivity contribution in [1.82, 2.24) is 0 Å². The number of nitrogens with one attached hydrogen (secondary N) is 2. The van der Waals surface area contributed by atoms with E-state index in [0.717, 1.165) is 6.07 Å². The number of benzene rings is 5. The van der Waals surface area contributed by atoms with Crippen molar-refractivity contribution in [2.24, 2.45) is 0 Å². The summed E-state index contributed by atoms with van der Waals surface area (Å²) in [7, 11) is 3.78. The van der Waals surface area contributed by atoms with Crippen LogP contribution in [-0.2, 0) is 24.0 Å². The quantitative estimate of drug-likeness (QED) is 0.0421. The van der Waals surface area contributed by atoms with E-state index < -0.39 is 90.0 Å². The Kier molecular flexibility index (Phi) is 9.97. The van der Waals surface area contributed by atoms with Crippen LogP contribution in [0.3, 0.4) is 0 Å². The number of ketones is 1. The third kappa shape index (κ3) is 6.00. The number of rotatable bonds is 16. The first-order valence-corrected chi connectivity index (χ1v) is 17.2. The fraction of sp³-hybridized carbons (Fsp3) is 0.308. The molecule has 6 rings (SSSR count). The number of aromatic hydroxyl groups is 1. The fourth-order valence-corrected chi connectivity index (χ4v) is 7.96. The number of carboxylic acids is 4. The number of hydrogen-bond acceptors (Lipinski definition) is 13. The zero-order chi connectivity index (χ0) is 41.1. The highest BCUT2D eigenvalue weighted by Crippen LogP contribution is 2.57. The third-order valence-corrected chi connectivity index (χ3v) is 10.2. The Bertz CT molecular complexity index is 2690. The highest BCUT2D eigenvalue weighted by Gasteiger charge is 2.38. The average Bonchev–Trinajstić information content (AvgIpc) is 3.26. The largest absolute Gasteiger partial charge is 0.505 e. The molecule has 0 radical (unpaired) electrons. The van der Waals surface area contributed by atoms with Gasteiger partial charge in [0.1, 0.15) is 29.4 Å². The molecule has 0 amide bonds. The number of hydrogen-bond donors (Lipinski definition) is 7. The van der Waals surface area contributed by atoms with Gasteiger partial charge in [-0.15, -0.1) is 0 Å². The van der Waals surface area contributed by atoms with Gasteiger partial charge in [-0.2, -0.15) is 0 Å². The van der Waals surface area contributed by atoms with Gasteiger partial charge in [0.25, 0.3) is 0 Å². The highest BCUT2D eigenvalue weighted by molar-refractivity contribution is 6.40. The number of carbonyl (C=O) groups is 5. The van der Waals surface area contributed by atoms with Crippen LogP contribution in [0.1, 0.15) is 56.6 Å². The summed E-state index contributed by atoms with van der Waals surface area (Å²) in [6.45, 7) is 2.86. The topological polar surface area (TPSA) is 272 Å². The van der Waals surface area contributed by atoms with E-state index in [1.165, 1.54) is 40.4 Å². The molecule has 3 atom stereocenters. The number of phenolic OH excluding ortho intramolecular Hbond substituents is 1. The van der Waals surface area contributed by atoms with Crippen LogP contribution >= 0.6 is 0 Å². The molecular formula is C39H36N2O15. The Morgan fingerprint density at radius 1 is 0.714 bits per heavy atom. The second-order valence-corrected chi connectivity index (χ2v) is 13.5. The minimum atomic E-state index is -1.60. The van der Waals surface area contributed by atoms with Crippen molar-refractivity contribution < 1.29 is 63.7 Å². The molecule has 0 saturated heterocycles. The lowest BCUT2D eigenvalue weighted by molar-refractivity contribution is -0.141. The van der Waals surface area contributed by atoms with Gasteiger partial charge in [0.15, 0.2) is 16.9 Å². The summed E-state index contributed by atoms with van der Waals surface area (Å²) >= 11 is 0. The molecular weight excluding hydrogens is 736 g/mol. The summed E-state index contributed by atoms with van der Waals surface area (Å²) in [5.41, 5.74) is -1.49. The molecule has 0 saturated carbocycles. The summed E-state index contributed by atoms with van der Waals surface area (Å²) in [4.78, 5) is 90.4. The molecule has 17 heteroatoms. The number of carbonyl (C=O) groups excluding carboxylic acids is 1. The molecule has 17 nitrogen and oxygen atoms in total. The van der Waals surface area contributed by atoms with Crippen molar-refractivity contribution in [3.63, 3.8) is 0 Å². The first kappa shape index (κ1) is 38.8. The number of anilines is 2. The number of phenols is 1. The van der Waals surface area contributed by atoms with Crippen LogP contribution in [-0.4, -0.2) is 88.6 Å². The number of aliphatic carboxylic acids is 4. The number of Topliss-reactive ketones (excluding diaryl/α,β-unsaturated/α-hetero) is 1. The van der Waals surface area contributed by atoms with Crippen molar-refractivity contribution in [3.8, 4) is 23.0 Å². The van der Waals surface area contributed by atoms with Crippen molar-refractivity contribution in [3.05, 3.63) is 49.3 Å². The van der Waals surface area contributed by atoms with Gasteiger partial charge in [0.2, 0.25) is 5.43 Å². The van der Waals surface area contributed by atoms with Crippen molar-refractivity contribution >= 4 is 90.2 Å². The number of fused-ring (bicyclic) bond motifs is 1. The molecule has 5 aromatic rings. The summed E-state index contributed by atoms with van der Waals surface area (Å²) in [6, 6.07) is -0.710. The number of methoxy groups -OCH3 is 3. The number of ether oxygens (including phenoxy) is 3. The van der Waals surface area contributed by atoms with E-state index in [1.807, 2.05) is 0 Å². The highest BCUT2D eigenvalue weighted by atomic mass is 16.5. The molecule has 3 unspecified atom stereocenters. The Morgan fingerprint density at radius 2 is 1.25 bits per heavy atom. The van der Waals surface area contributed by atoms with Crippen LogP contribution < -0.4 is 35.7 Å². The standard InChI is InChI=1S/C39H36N2O15/c1-13-10-15-25-30-27(35(48)34(15)41-17(39(52)53)7-9-23(46)47)19(43)12-21(55-4)29(30)28-20(54-3)11-18(40-16(38(50)51)6-8-22(44)45)26-32(28)31(25)33(24(13)14(2)42)37(56-5)36(26)49/h10-12,16-17,24,40-41,48H,6-9H2,1-5H3,(H,44,45)(H,46,47)(H,50,51)(H,52,53). The minimum Gasteiger partial charge on any atom is -0.505 e. The van der Waals surface area contributed by atoms with Gasteiger partial charge in [-0.1, -0.05) is 11.6 Å². The second kappa shape index (κ2) is 14.4. The Hall–Kier alpha value is -6.91. The Labute approximate surface area is 315 Å². The van der Waals surface area contributed by atoms with Gasteiger partial charge in [-0.3, -0.25) is 24.0 Å². The molecule has 7 N–H and O–H groups in total. The van der Waals surface area contributed by atoms with E-state index in [0.29, 0.717) is 5.57 Å². The van der Waals surface area contributed by atoms with E-state index in [-0.39, 0.29) is 82.8 Å². The van der Waals surface area contributed by atoms with Crippen molar-refractivity contribution in [2.75, 3.05) is 32.0 Å². The van der Waals surface area contributed by atoms with Crippen LogP contribution in [0, 0.1) is 0 Å². The number of allylic oxidation sites excluding steroid dienone is 1. The zero-order valence-electron chi connectivity index (χ0n) is 30.6. The summed E-state index contributed by atoms with van der Waals surface area (Å²) < 4.78 is 17.4. The van der Waals surface area contributed by atoms with Gasteiger partial charge in [-0.25, -0.2) is 9.59 Å². The molecule has 0 aliphatic heterocycles. The molecule has 0 aromatic heterocycles. The molecule has 0 fully saturated rings. The van der Waals surface area contributed by atoms with E-state index >= 15 is 0 Å². The molecule has 56 heavy (non-hydrogen) atoms. The first-order chi connectivity index (χ1) is 26.5. The maximum Gasteiger partial charge on any atom is 0.326 e. The SMILES string of the molecule is COc1c2c3c4c(c(NC(CCC(=O)O)C(=O)O)c(O)c5c(=O)cc(OC)c(c6c(OC)cc(NC(CCC(=O)O)C(=O)O)c(c1=O)c63)c54)C=C(C)C2C(C)=O. The molecule has 0 spiro atoms. The smallest absolute Gasteiger partial charge is 0.326 e. The third-order valence-electron chi connectivity index (χ3n) is 10.2. The second-order valence-electron chi connectivity index (χ2n) is 13.5. The number of carboxylic acid groups (broad SMARTS) is 4. The molecule has 1 aliphatic rings. The maximum absolute atomic E-state index is 14.8. The van der Waals surface area contributed by atoms with Crippen LogP contribution in [0.15, 0.2) is 27.3 Å². The monoisotopic (exact) mass is 772 g/mol. The van der Waals surface area contributed by atoms with Crippen LogP contribution in [0.4, 0.5) is 11.4 Å². The van der Waals surface area contributed by atoms with Crippen LogP contribution in [0.5, 0.6) is 23.0 Å². The van der Waals surface area contributed by atoms with Crippen LogP contribution in [0.2, 0.25) is 0 Å². The normalized spacial score (nSPS) is 14.7. The zero-order valence-corrected chi connectivity index (χ0v) is 30.6. The van der Waals surface area contributed by atoms with Crippen molar-refractivity contribution in [2.45, 2.75) is 57.5 Å². The van der Waals surface area contributed by atoms with Gasteiger partial charge >= 0.3 is 23.9 Å².